The van der Waals surface area contributed by atoms with E-state index in [-0.39, 0.29) is 18.1 Å². The molecule has 2 aromatic carbocycles. The van der Waals surface area contributed by atoms with E-state index in [2.05, 4.69) is 4.74 Å². The van der Waals surface area contributed by atoms with Crippen molar-refractivity contribution in [2.24, 2.45) is 0 Å². The van der Waals surface area contributed by atoms with Crippen molar-refractivity contribution in [2.75, 3.05) is 13.7 Å². The Bertz CT molecular complexity index is 1200. The largest absolute Gasteiger partial charge is 0.493 e. The maximum absolute atomic E-state index is 13.0. The van der Waals surface area contributed by atoms with Crippen LogP contribution in [-0.4, -0.2) is 42.8 Å². The van der Waals surface area contributed by atoms with Gasteiger partial charge in [0.2, 0.25) is 5.78 Å². The van der Waals surface area contributed by atoms with Gasteiger partial charge in [-0.3, -0.25) is 4.79 Å². The molecule has 0 aliphatic heterocycles. The van der Waals surface area contributed by atoms with Crippen molar-refractivity contribution in [1.29, 1.82) is 0 Å². The summed E-state index contributed by atoms with van der Waals surface area (Å²) in [5.74, 6) is -0.153. The molecule has 186 valence electrons. The smallest absolute Gasteiger partial charge is 0.387 e. The van der Waals surface area contributed by atoms with Crippen LogP contribution in [0.5, 0.6) is 17.2 Å². The lowest BCUT2D eigenvalue weighted by atomic mass is 10.1. The lowest BCUT2D eigenvalue weighted by molar-refractivity contribution is -0.148. The molecule has 0 saturated heterocycles. The van der Waals surface area contributed by atoms with Crippen molar-refractivity contribution >= 4 is 11.8 Å². The Morgan fingerprint density at radius 1 is 0.971 bits per heavy atom. The van der Waals surface area contributed by atoms with E-state index in [1.165, 1.54) is 26.2 Å². The van der Waals surface area contributed by atoms with E-state index in [9.17, 15) is 18.4 Å². The van der Waals surface area contributed by atoms with Gasteiger partial charge in [0.05, 0.1) is 7.11 Å². The second kappa shape index (κ2) is 11.0. The van der Waals surface area contributed by atoms with E-state index in [1.807, 2.05) is 19.9 Å². The molecule has 3 rings (SSSR count). The number of methoxy groups -OCH3 is 1. The van der Waals surface area contributed by atoms with Gasteiger partial charge in [0.25, 0.3) is 0 Å². The molecule has 35 heavy (non-hydrogen) atoms. The number of hydrogen-bond acceptors (Lipinski definition) is 6. The van der Waals surface area contributed by atoms with Gasteiger partial charge in [0, 0.05) is 22.6 Å². The maximum atomic E-state index is 13.0. The lowest BCUT2D eigenvalue weighted by Gasteiger charge is -2.15. The Hall–Kier alpha value is -3.88. The molecule has 1 unspecified atom stereocenters. The van der Waals surface area contributed by atoms with E-state index < -0.39 is 18.7 Å². The van der Waals surface area contributed by atoms with Gasteiger partial charge >= 0.3 is 12.6 Å². The van der Waals surface area contributed by atoms with Crippen LogP contribution in [0.15, 0.2) is 48.5 Å². The Balaban J connectivity index is 1.67. The number of benzene rings is 2. The second-order valence-corrected chi connectivity index (χ2v) is 7.93. The summed E-state index contributed by atoms with van der Waals surface area (Å²) in [7, 11) is 1.50. The Morgan fingerprint density at radius 2 is 1.66 bits per heavy atom. The first kappa shape index (κ1) is 25.7. The van der Waals surface area contributed by atoms with Crippen LogP contribution in [0.3, 0.4) is 0 Å². The number of ketones is 1. The number of Topliss-reactive ketones (excluding diaryl/α,β-unsaturated/α-hetero) is 1. The molecule has 0 aliphatic rings. The molecule has 0 fully saturated rings. The third-order valence-electron chi connectivity index (χ3n) is 5.36. The van der Waals surface area contributed by atoms with E-state index in [0.29, 0.717) is 28.4 Å². The number of nitrogens with zero attached hydrogens (tertiary/aromatic N) is 1. The average molecular weight is 487 g/mol. The number of carbonyl (C=O) groups is 2. The zero-order chi connectivity index (χ0) is 25.7. The summed E-state index contributed by atoms with van der Waals surface area (Å²) >= 11 is 0. The predicted octanol–water partition coefficient (Wildman–Crippen LogP) is 5.21. The molecule has 1 heterocycles. The molecule has 0 radical (unpaired) electrons. The Labute approximate surface area is 202 Å². The fourth-order valence-corrected chi connectivity index (χ4v) is 3.72. The number of halogens is 2. The summed E-state index contributed by atoms with van der Waals surface area (Å²) in [6, 6.07) is 13.1. The first-order chi connectivity index (χ1) is 16.6. The Kier molecular flexibility index (Phi) is 8.11. The molecular formula is C26H27F2NO6. The fourth-order valence-electron chi connectivity index (χ4n) is 3.72. The summed E-state index contributed by atoms with van der Waals surface area (Å²) in [6.07, 6.45) is -1.04. The highest BCUT2D eigenvalue weighted by atomic mass is 19.3. The SMILES string of the molecule is COc1cc(C)ccc1OCC(=O)OC(C)C(=O)c1cc(C)n(-c2ccc(OC(F)F)cc2)c1C. The third kappa shape index (κ3) is 6.17. The van der Waals surface area contributed by atoms with Gasteiger partial charge in [0.15, 0.2) is 24.2 Å². The first-order valence-electron chi connectivity index (χ1n) is 10.9. The molecule has 0 N–H and O–H groups in total. The van der Waals surface area contributed by atoms with Crippen LogP contribution in [0.1, 0.15) is 34.2 Å². The molecule has 0 saturated carbocycles. The van der Waals surface area contributed by atoms with Gasteiger partial charge in [0.1, 0.15) is 5.75 Å². The minimum atomic E-state index is -2.91. The lowest BCUT2D eigenvalue weighted by Crippen LogP contribution is -2.27. The van der Waals surface area contributed by atoms with Crippen LogP contribution >= 0.6 is 0 Å². The molecule has 0 spiro atoms. The van der Waals surface area contributed by atoms with Crippen LogP contribution in [-0.2, 0) is 9.53 Å². The van der Waals surface area contributed by atoms with Crippen LogP contribution in [0.25, 0.3) is 5.69 Å². The van der Waals surface area contributed by atoms with E-state index in [1.54, 1.807) is 41.8 Å². The molecule has 3 aromatic rings. The molecule has 0 aliphatic carbocycles. The monoisotopic (exact) mass is 487 g/mol. The Morgan fingerprint density at radius 3 is 2.29 bits per heavy atom. The van der Waals surface area contributed by atoms with Crippen molar-refractivity contribution in [3.05, 3.63) is 71.0 Å². The maximum Gasteiger partial charge on any atom is 0.387 e. The highest BCUT2D eigenvalue weighted by Crippen LogP contribution is 2.28. The number of alkyl halides is 2. The van der Waals surface area contributed by atoms with Crippen LogP contribution < -0.4 is 14.2 Å². The van der Waals surface area contributed by atoms with Gasteiger partial charge in [-0.25, -0.2) is 4.79 Å². The molecule has 7 nitrogen and oxygen atoms in total. The molecule has 1 aromatic heterocycles. The van der Waals surface area contributed by atoms with Crippen molar-refractivity contribution in [2.45, 2.75) is 40.4 Å². The van der Waals surface area contributed by atoms with Crippen molar-refractivity contribution < 1.29 is 37.3 Å². The summed E-state index contributed by atoms with van der Waals surface area (Å²) in [6.45, 7) is 3.67. The number of esters is 1. The van der Waals surface area contributed by atoms with Gasteiger partial charge in [-0.2, -0.15) is 8.78 Å². The van der Waals surface area contributed by atoms with Gasteiger partial charge in [-0.1, -0.05) is 6.07 Å². The van der Waals surface area contributed by atoms with E-state index in [0.717, 1.165) is 11.3 Å². The third-order valence-corrected chi connectivity index (χ3v) is 5.36. The highest BCUT2D eigenvalue weighted by Gasteiger charge is 2.25. The van der Waals surface area contributed by atoms with Crippen LogP contribution in [0.4, 0.5) is 8.78 Å². The molecule has 0 amide bonds. The summed E-state index contributed by atoms with van der Waals surface area (Å²) in [5, 5.41) is 0. The van der Waals surface area contributed by atoms with E-state index >= 15 is 0 Å². The van der Waals surface area contributed by atoms with Gasteiger partial charge in [-0.15, -0.1) is 0 Å². The van der Waals surface area contributed by atoms with Gasteiger partial charge < -0.3 is 23.5 Å². The number of aryl methyl sites for hydroxylation is 2. The molecular weight excluding hydrogens is 460 g/mol. The van der Waals surface area contributed by atoms with Crippen molar-refractivity contribution in [1.82, 2.24) is 4.57 Å². The molecule has 9 heteroatoms. The van der Waals surface area contributed by atoms with E-state index in [4.69, 9.17) is 14.2 Å². The number of hydrogen-bond donors (Lipinski definition) is 0. The average Bonchev–Trinajstić information content (AvgIpc) is 3.11. The summed E-state index contributed by atoms with van der Waals surface area (Å²) in [4.78, 5) is 25.3. The van der Waals surface area contributed by atoms with Crippen molar-refractivity contribution in [3.8, 4) is 22.9 Å². The summed E-state index contributed by atoms with van der Waals surface area (Å²) in [5.41, 5.74) is 3.41. The minimum absolute atomic E-state index is 0.0357. The number of rotatable bonds is 10. The van der Waals surface area contributed by atoms with Crippen molar-refractivity contribution in [3.63, 3.8) is 0 Å². The number of aromatic nitrogens is 1. The highest BCUT2D eigenvalue weighted by molar-refractivity contribution is 6.01. The topological polar surface area (TPSA) is 76.0 Å². The predicted molar refractivity (Wildman–Crippen MR) is 125 cm³/mol. The zero-order valence-electron chi connectivity index (χ0n) is 20.1. The standard InChI is InChI=1S/C26H27F2NO6/c1-15-6-11-22(23(12-15)32-5)33-14-24(30)34-18(4)25(31)21-13-16(2)29(17(21)3)19-7-9-20(10-8-19)35-26(27)28/h6-13,18,26H,14H2,1-5H3. The normalized spacial score (nSPS) is 11.8. The second-order valence-electron chi connectivity index (χ2n) is 7.93. The molecule has 0 bridgehead atoms. The molecule has 1 atom stereocenters. The number of carbonyl (C=O) groups excluding carboxylic acids is 2. The first-order valence-corrected chi connectivity index (χ1v) is 10.9. The fraction of sp³-hybridized carbons (Fsp3) is 0.308. The zero-order valence-corrected chi connectivity index (χ0v) is 20.1. The summed E-state index contributed by atoms with van der Waals surface area (Å²) < 4.78 is 47.0. The van der Waals surface area contributed by atoms with Crippen LogP contribution in [0, 0.1) is 20.8 Å². The van der Waals surface area contributed by atoms with Crippen LogP contribution in [0.2, 0.25) is 0 Å². The minimum Gasteiger partial charge on any atom is -0.493 e. The van der Waals surface area contributed by atoms with Gasteiger partial charge in [-0.05, 0) is 75.7 Å². The quantitative estimate of drug-likeness (QED) is 0.289. The number of ether oxygens (including phenoxy) is 4.